The Morgan fingerprint density at radius 1 is 0.480 bits per heavy atom. The van der Waals surface area contributed by atoms with Gasteiger partial charge in [-0.25, -0.2) is 0 Å². The predicted octanol–water partition coefficient (Wildman–Crippen LogP) is 17.8. The molecule has 4 nitrogen and oxygen atoms in total. The summed E-state index contributed by atoms with van der Waals surface area (Å²) in [4.78, 5) is 7.99. The van der Waals surface area contributed by atoms with Crippen molar-refractivity contribution in [1.82, 2.24) is 0 Å². The summed E-state index contributed by atoms with van der Waals surface area (Å²) >= 11 is 0. The fourth-order valence-corrected chi connectivity index (χ4v) is 14.5. The monoisotopic (exact) mass is 994 g/mol. The van der Waals surface area contributed by atoms with E-state index in [0.717, 1.165) is 53.5 Å². The van der Waals surface area contributed by atoms with Gasteiger partial charge in [0.05, 0.1) is 11.2 Å². The van der Waals surface area contributed by atoms with Crippen LogP contribution in [-0.2, 0) is 37.9 Å². The van der Waals surface area contributed by atoms with Gasteiger partial charge in [0.15, 0.2) is 0 Å². The lowest BCUT2D eigenvalue weighted by Gasteiger charge is -2.52. The first-order valence-corrected chi connectivity index (χ1v) is 28.6. The summed E-state index contributed by atoms with van der Waals surface area (Å²) in [6.07, 6.45) is 7.07. The maximum absolute atomic E-state index is 7.71. The highest BCUT2D eigenvalue weighted by Gasteiger charge is 2.62. The minimum Gasteiger partial charge on any atom is -0.440 e. The molecule has 3 aliphatic heterocycles. The summed E-state index contributed by atoms with van der Waals surface area (Å²) in [5.74, 6) is 0.943. The normalized spacial score (nSPS) is 21.4. The van der Waals surface area contributed by atoms with E-state index in [-0.39, 0.29) is 50.2 Å². The number of hydrogen-bond donors (Lipinski definition) is 0. The smallest absolute Gasteiger partial charge is 0.257 e. The van der Waals surface area contributed by atoms with Crippen molar-refractivity contribution < 1.29 is 4.42 Å². The Kier molecular flexibility index (Phi) is 10.7. The van der Waals surface area contributed by atoms with Crippen LogP contribution in [0.2, 0.25) is 0 Å². The molecule has 12 rings (SSSR count). The average molecular weight is 994 g/mol. The fraction of sp³-hybridized carbons (Fsp3) is 0.457. The molecule has 0 N–H and O–H groups in total. The third-order valence-electron chi connectivity index (χ3n) is 19.7. The van der Waals surface area contributed by atoms with Gasteiger partial charge in [0.1, 0.15) is 5.58 Å². The van der Waals surface area contributed by atoms with Crippen molar-refractivity contribution >= 4 is 79.8 Å². The van der Waals surface area contributed by atoms with Crippen molar-refractivity contribution in [3.8, 4) is 0 Å². The van der Waals surface area contributed by atoms with Crippen LogP contribution < -0.4 is 31.1 Å². The van der Waals surface area contributed by atoms with E-state index in [9.17, 15) is 0 Å². The highest BCUT2D eigenvalue weighted by atomic mass is 16.4. The van der Waals surface area contributed by atoms with E-state index in [0.29, 0.717) is 0 Å². The number of benzene rings is 6. The van der Waals surface area contributed by atoms with Gasteiger partial charge in [-0.05, 0) is 176 Å². The van der Waals surface area contributed by atoms with E-state index in [1.54, 1.807) is 0 Å². The Labute approximate surface area is 451 Å². The molecule has 6 aromatic carbocycles. The number of hydrogen-bond acceptors (Lipinski definition) is 4. The van der Waals surface area contributed by atoms with Crippen LogP contribution in [0.1, 0.15) is 202 Å². The topological polar surface area (TPSA) is 22.9 Å². The van der Waals surface area contributed by atoms with Gasteiger partial charge in [-0.3, -0.25) is 4.90 Å². The standard InChI is InChI=1S/C70H84BN3O/c1-63(2,3)43-21-27-47(28-22-43)72(48-29-23-44(24-30-48)64(4,5)6)50-39-56-60-57(40-50)74-61-54(69(17)33-19-20-34-70(69,74)18)37-46(66(10,11)12)38-55(61)71(60)59-51-41-52-53(68(15,16)36-35-67(52,13)14)42-58(51)75-62(59)73(56)49-31-25-45(26-32-49)65(7,8)9/h21-32,37-42H,19-20,33-36H2,1-18H3. The maximum atomic E-state index is 7.71. The molecule has 1 saturated carbocycles. The van der Waals surface area contributed by atoms with Gasteiger partial charge in [0.2, 0.25) is 5.88 Å². The molecule has 75 heavy (non-hydrogen) atoms. The van der Waals surface area contributed by atoms with E-state index in [2.05, 4.69) is 249 Å². The fourth-order valence-electron chi connectivity index (χ4n) is 14.5. The van der Waals surface area contributed by atoms with Crippen molar-refractivity contribution in [3.05, 3.63) is 148 Å². The SMILES string of the molecule is CC(C)(C)c1ccc(N(c2ccc(C(C)(C)C)cc2)c2cc3c4c(c2)N2c5c(cc(C(C)(C)C)cc5C5(C)CCCCC25C)B4c2c(oc4cc5c(cc24)C(C)(C)CCC5(C)C)N3c2ccc(C(C)(C)C)cc2)cc1. The largest absolute Gasteiger partial charge is 0.440 e. The van der Waals surface area contributed by atoms with Crippen LogP contribution in [-0.4, -0.2) is 12.3 Å². The number of nitrogens with zero attached hydrogens (tertiary/aromatic N) is 3. The molecule has 7 aromatic rings. The molecule has 2 aliphatic carbocycles. The van der Waals surface area contributed by atoms with Gasteiger partial charge in [0, 0.05) is 50.4 Å². The summed E-state index contributed by atoms with van der Waals surface area (Å²) in [7, 11) is 0. The van der Waals surface area contributed by atoms with Gasteiger partial charge >= 0.3 is 0 Å². The van der Waals surface area contributed by atoms with E-state index in [1.807, 2.05) is 0 Å². The van der Waals surface area contributed by atoms with Gasteiger partial charge in [-0.1, -0.05) is 179 Å². The van der Waals surface area contributed by atoms with Gasteiger partial charge in [0.25, 0.3) is 6.71 Å². The lowest BCUT2D eigenvalue weighted by Crippen LogP contribution is -2.64. The predicted molar refractivity (Wildman–Crippen MR) is 323 cm³/mol. The minimum absolute atomic E-state index is 0.00338. The number of rotatable bonds is 4. The van der Waals surface area contributed by atoms with Crippen LogP contribution in [0.25, 0.3) is 11.0 Å². The second kappa shape index (κ2) is 16.0. The highest BCUT2D eigenvalue weighted by Crippen LogP contribution is 2.63. The molecular weight excluding hydrogens is 910 g/mol. The van der Waals surface area contributed by atoms with Crippen molar-refractivity contribution in [1.29, 1.82) is 0 Å². The summed E-state index contributed by atoms with van der Waals surface area (Å²) in [5, 5.41) is 1.26. The quantitative estimate of drug-likeness (QED) is 0.164. The summed E-state index contributed by atoms with van der Waals surface area (Å²) in [5.41, 5.74) is 23.3. The Balaban J connectivity index is 1.24. The van der Waals surface area contributed by atoms with E-state index in [1.165, 1.54) is 97.0 Å². The molecule has 0 spiro atoms. The zero-order valence-electron chi connectivity index (χ0n) is 49.0. The molecule has 2 atom stereocenters. The third-order valence-corrected chi connectivity index (χ3v) is 19.7. The first kappa shape index (κ1) is 50.2. The Bertz CT molecular complexity index is 3400. The maximum Gasteiger partial charge on any atom is 0.257 e. The molecule has 1 aromatic heterocycles. The Morgan fingerprint density at radius 2 is 0.973 bits per heavy atom. The lowest BCUT2D eigenvalue weighted by molar-refractivity contribution is 0.195. The van der Waals surface area contributed by atoms with E-state index in [4.69, 9.17) is 4.42 Å². The van der Waals surface area contributed by atoms with Crippen LogP contribution in [0.15, 0.2) is 114 Å². The minimum atomic E-state index is -0.156. The second-order valence-corrected chi connectivity index (χ2v) is 29.7. The number of furan rings is 1. The lowest BCUT2D eigenvalue weighted by atomic mass is 9.33. The third kappa shape index (κ3) is 7.42. The highest BCUT2D eigenvalue weighted by molar-refractivity contribution is 7.01. The second-order valence-electron chi connectivity index (χ2n) is 29.7. The first-order valence-electron chi connectivity index (χ1n) is 28.6. The molecular formula is C70H84BN3O. The molecule has 388 valence electrons. The Hall–Kier alpha value is -5.68. The van der Waals surface area contributed by atoms with Crippen molar-refractivity contribution in [3.63, 3.8) is 0 Å². The van der Waals surface area contributed by atoms with Crippen molar-refractivity contribution in [2.45, 2.75) is 207 Å². The summed E-state index contributed by atoms with van der Waals surface area (Å²) < 4.78 is 7.71. The molecule has 0 radical (unpaired) electrons. The van der Waals surface area contributed by atoms with Gasteiger partial charge in [-0.15, -0.1) is 0 Å². The van der Waals surface area contributed by atoms with Gasteiger partial charge in [-0.2, -0.15) is 0 Å². The first-order chi connectivity index (χ1) is 34.9. The number of anilines is 8. The molecule has 0 amide bonds. The van der Waals surface area contributed by atoms with E-state index < -0.39 is 0 Å². The molecule has 4 heterocycles. The summed E-state index contributed by atoms with van der Waals surface area (Å²) in [6.45, 7) is 43.1. The molecule has 0 bridgehead atoms. The summed E-state index contributed by atoms with van der Waals surface area (Å²) in [6, 6.07) is 43.8. The zero-order valence-corrected chi connectivity index (χ0v) is 49.0. The zero-order chi connectivity index (χ0) is 53.5. The Morgan fingerprint density at radius 3 is 1.51 bits per heavy atom. The average Bonchev–Trinajstić information content (AvgIpc) is 3.97. The van der Waals surface area contributed by atoms with Crippen LogP contribution >= 0.6 is 0 Å². The van der Waals surface area contributed by atoms with Crippen LogP contribution in [0.3, 0.4) is 0 Å². The molecule has 2 unspecified atom stereocenters. The van der Waals surface area contributed by atoms with E-state index >= 15 is 0 Å². The number of fused-ring (bicyclic) bond motifs is 10. The van der Waals surface area contributed by atoms with Crippen LogP contribution in [0.5, 0.6) is 0 Å². The van der Waals surface area contributed by atoms with Crippen LogP contribution in [0.4, 0.5) is 45.7 Å². The van der Waals surface area contributed by atoms with Crippen LogP contribution in [0, 0.1) is 0 Å². The van der Waals surface area contributed by atoms with Crippen molar-refractivity contribution in [2.24, 2.45) is 0 Å². The molecule has 0 saturated heterocycles. The molecule has 1 fully saturated rings. The molecule has 5 aliphatic rings. The van der Waals surface area contributed by atoms with Gasteiger partial charge < -0.3 is 14.2 Å². The molecule has 5 heteroatoms. The van der Waals surface area contributed by atoms with Crippen molar-refractivity contribution in [2.75, 3.05) is 14.7 Å².